The maximum Gasteiger partial charge on any atom is 0.326 e. The van der Waals surface area contributed by atoms with E-state index in [-0.39, 0.29) is 25.2 Å². The first-order valence-corrected chi connectivity index (χ1v) is 6.51. The van der Waals surface area contributed by atoms with Crippen LogP contribution in [0.15, 0.2) is 0 Å². The van der Waals surface area contributed by atoms with E-state index in [2.05, 4.69) is 5.32 Å². The quantitative estimate of drug-likeness (QED) is 0.630. The minimum Gasteiger partial charge on any atom is -0.480 e. The second-order valence-electron chi connectivity index (χ2n) is 4.63. The highest BCUT2D eigenvalue weighted by Crippen LogP contribution is 2.24. The van der Waals surface area contributed by atoms with Crippen molar-refractivity contribution < 1.29 is 19.8 Å². The Kier molecular flexibility index (Phi) is 5.91. The van der Waals surface area contributed by atoms with Crippen LogP contribution in [0.4, 0.5) is 4.79 Å². The Bertz CT molecular complexity index is 292. The molecule has 0 heterocycles. The Labute approximate surface area is 107 Å². The zero-order valence-corrected chi connectivity index (χ0v) is 10.8. The number of aliphatic hydroxyl groups is 1. The highest BCUT2D eigenvalue weighted by atomic mass is 16.4. The number of urea groups is 1. The van der Waals surface area contributed by atoms with Gasteiger partial charge in [-0.15, -0.1) is 0 Å². The monoisotopic (exact) mass is 258 g/mol. The average Bonchev–Trinajstić information content (AvgIpc) is 2.25. The molecule has 2 amide bonds. The van der Waals surface area contributed by atoms with Crippen LogP contribution in [-0.4, -0.2) is 52.3 Å². The summed E-state index contributed by atoms with van der Waals surface area (Å²) in [6.07, 6.45) is 4.05. The van der Waals surface area contributed by atoms with Crippen molar-refractivity contribution in [1.82, 2.24) is 10.2 Å². The van der Waals surface area contributed by atoms with Gasteiger partial charge in [0.05, 0.1) is 6.61 Å². The summed E-state index contributed by atoms with van der Waals surface area (Å²) in [4.78, 5) is 24.5. The van der Waals surface area contributed by atoms with E-state index in [1.165, 1.54) is 0 Å². The molecule has 0 aromatic carbocycles. The van der Waals surface area contributed by atoms with Crippen LogP contribution in [0.25, 0.3) is 0 Å². The molecule has 6 heteroatoms. The average molecular weight is 258 g/mol. The van der Waals surface area contributed by atoms with Gasteiger partial charge < -0.3 is 20.4 Å². The molecule has 0 radical (unpaired) electrons. The summed E-state index contributed by atoms with van der Waals surface area (Å²) in [5.74, 6) is -1.01. The second kappa shape index (κ2) is 7.20. The lowest BCUT2D eigenvalue weighted by Crippen LogP contribution is -2.53. The summed E-state index contributed by atoms with van der Waals surface area (Å²) in [5.41, 5.74) is 0. The van der Waals surface area contributed by atoms with Crippen LogP contribution in [0.3, 0.4) is 0 Å². The fourth-order valence-electron chi connectivity index (χ4n) is 2.03. The Balaban J connectivity index is 2.55. The molecule has 104 valence electrons. The summed E-state index contributed by atoms with van der Waals surface area (Å²) in [5, 5.41) is 20.5. The molecule has 0 aliphatic heterocycles. The minimum atomic E-state index is -1.01. The molecule has 1 aliphatic rings. The van der Waals surface area contributed by atoms with Crippen LogP contribution in [0.2, 0.25) is 0 Å². The maximum absolute atomic E-state index is 12.0. The van der Waals surface area contributed by atoms with Gasteiger partial charge in [0.15, 0.2) is 0 Å². The number of amides is 2. The Morgan fingerprint density at radius 3 is 2.50 bits per heavy atom. The first-order valence-electron chi connectivity index (χ1n) is 6.51. The predicted molar refractivity (Wildman–Crippen MR) is 66.3 cm³/mol. The lowest BCUT2D eigenvalue weighted by molar-refractivity contribution is -0.139. The molecule has 1 atom stereocenters. The highest BCUT2D eigenvalue weighted by molar-refractivity contribution is 5.82. The number of carboxylic acids is 1. The van der Waals surface area contributed by atoms with Gasteiger partial charge in [-0.1, -0.05) is 13.3 Å². The summed E-state index contributed by atoms with van der Waals surface area (Å²) in [7, 11) is 0. The van der Waals surface area contributed by atoms with E-state index in [0.29, 0.717) is 12.8 Å². The van der Waals surface area contributed by atoms with Gasteiger partial charge in [-0.05, 0) is 25.7 Å². The smallest absolute Gasteiger partial charge is 0.326 e. The molecular formula is C12H22N2O4. The van der Waals surface area contributed by atoms with E-state index >= 15 is 0 Å². The van der Waals surface area contributed by atoms with Gasteiger partial charge in [-0.2, -0.15) is 0 Å². The van der Waals surface area contributed by atoms with E-state index in [0.717, 1.165) is 19.3 Å². The van der Waals surface area contributed by atoms with E-state index in [1.807, 2.05) is 6.92 Å². The number of hydrogen-bond donors (Lipinski definition) is 3. The van der Waals surface area contributed by atoms with Crippen molar-refractivity contribution in [2.24, 2.45) is 0 Å². The van der Waals surface area contributed by atoms with Gasteiger partial charge in [0, 0.05) is 12.6 Å². The fourth-order valence-corrected chi connectivity index (χ4v) is 2.03. The number of carbonyl (C=O) groups excluding carboxylic acids is 1. The standard InChI is InChI=1S/C12H22N2O4/c1-2-4-10(11(16)17)13-12(18)14(7-8-15)9-5-3-6-9/h9-10,15H,2-8H2,1H3,(H,13,18)(H,16,17). The number of rotatable bonds is 7. The third-order valence-corrected chi connectivity index (χ3v) is 3.29. The van der Waals surface area contributed by atoms with Crippen LogP contribution >= 0.6 is 0 Å². The van der Waals surface area contributed by atoms with Crippen molar-refractivity contribution >= 4 is 12.0 Å². The van der Waals surface area contributed by atoms with Crippen LogP contribution in [0, 0.1) is 0 Å². The lowest BCUT2D eigenvalue weighted by atomic mass is 9.91. The van der Waals surface area contributed by atoms with Crippen LogP contribution in [-0.2, 0) is 4.79 Å². The number of hydrogen-bond acceptors (Lipinski definition) is 3. The SMILES string of the molecule is CCCC(NC(=O)N(CCO)C1CCC1)C(=O)O. The van der Waals surface area contributed by atoms with Crippen molar-refractivity contribution in [3.05, 3.63) is 0 Å². The lowest BCUT2D eigenvalue weighted by Gasteiger charge is -2.37. The number of nitrogens with one attached hydrogen (secondary N) is 1. The molecule has 0 aromatic heterocycles. The normalized spacial score (nSPS) is 16.8. The van der Waals surface area contributed by atoms with Gasteiger partial charge in [0.25, 0.3) is 0 Å². The molecule has 1 saturated carbocycles. The van der Waals surface area contributed by atoms with Gasteiger partial charge in [0.2, 0.25) is 0 Å². The summed E-state index contributed by atoms with van der Waals surface area (Å²) < 4.78 is 0. The Hall–Kier alpha value is -1.30. The largest absolute Gasteiger partial charge is 0.480 e. The van der Waals surface area contributed by atoms with Crippen molar-refractivity contribution in [2.75, 3.05) is 13.2 Å². The number of aliphatic hydroxyl groups excluding tert-OH is 1. The van der Waals surface area contributed by atoms with E-state index in [4.69, 9.17) is 10.2 Å². The van der Waals surface area contributed by atoms with Crippen molar-refractivity contribution in [3.63, 3.8) is 0 Å². The minimum absolute atomic E-state index is 0.102. The molecule has 1 rings (SSSR count). The van der Waals surface area contributed by atoms with Crippen LogP contribution in [0.1, 0.15) is 39.0 Å². The Morgan fingerprint density at radius 1 is 1.44 bits per heavy atom. The van der Waals surface area contributed by atoms with Gasteiger partial charge in [-0.3, -0.25) is 0 Å². The number of nitrogens with zero attached hydrogens (tertiary/aromatic N) is 1. The molecule has 1 fully saturated rings. The zero-order valence-electron chi connectivity index (χ0n) is 10.8. The van der Waals surface area contributed by atoms with Gasteiger partial charge in [-0.25, -0.2) is 9.59 Å². The van der Waals surface area contributed by atoms with Crippen LogP contribution < -0.4 is 5.32 Å². The number of aliphatic carboxylic acids is 1. The van der Waals surface area contributed by atoms with E-state index in [1.54, 1.807) is 4.90 Å². The van der Waals surface area contributed by atoms with Gasteiger partial charge >= 0.3 is 12.0 Å². The van der Waals surface area contributed by atoms with Crippen LogP contribution in [0.5, 0.6) is 0 Å². The Morgan fingerprint density at radius 2 is 2.11 bits per heavy atom. The van der Waals surface area contributed by atoms with Gasteiger partial charge in [0.1, 0.15) is 6.04 Å². The molecule has 0 aromatic rings. The van der Waals surface area contributed by atoms with E-state index in [9.17, 15) is 9.59 Å². The van der Waals surface area contributed by atoms with E-state index < -0.39 is 12.0 Å². The third kappa shape index (κ3) is 3.87. The summed E-state index contributed by atoms with van der Waals surface area (Å²) >= 11 is 0. The molecule has 6 nitrogen and oxygen atoms in total. The molecule has 0 saturated heterocycles. The van der Waals surface area contributed by atoms with Crippen molar-refractivity contribution in [1.29, 1.82) is 0 Å². The molecule has 18 heavy (non-hydrogen) atoms. The number of carbonyl (C=O) groups is 2. The fraction of sp³-hybridized carbons (Fsp3) is 0.833. The topological polar surface area (TPSA) is 89.9 Å². The third-order valence-electron chi connectivity index (χ3n) is 3.29. The second-order valence-corrected chi connectivity index (χ2v) is 4.63. The molecule has 3 N–H and O–H groups in total. The first-order chi connectivity index (χ1) is 8.60. The molecule has 0 bridgehead atoms. The molecular weight excluding hydrogens is 236 g/mol. The summed E-state index contributed by atoms with van der Waals surface area (Å²) in [6.45, 7) is 2.03. The maximum atomic E-state index is 12.0. The number of carboxylic acid groups (broad SMARTS) is 1. The van der Waals surface area contributed by atoms with Crippen molar-refractivity contribution in [2.45, 2.75) is 51.1 Å². The zero-order chi connectivity index (χ0) is 13.5. The summed E-state index contributed by atoms with van der Waals surface area (Å²) in [6, 6.07) is -1.08. The molecule has 0 spiro atoms. The highest BCUT2D eigenvalue weighted by Gasteiger charge is 2.30. The predicted octanol–water partition coefficient (Wildman–Crippen LogP) is 0.796. The molecule has 1 aliphatic carbocycles. The first kappa shape index (κ1) is 14.8. The molecule has 1 unspecified atom stereocenters. The van der Waals surface area contributed by atoms with Crippen molar-refractivity contribution in [3.8, 4) is 0 Å².